The van der Waals surface area contributed by atoms with Crippen LogP contribution in [0.2, 0.25) is 0 Å². The van der Waals surface area contributed by atoms with E-state index in [2.05, 4.69) is 27.0 Å². The lowest BCUT2D eigenvalue weighted by molar-refractivity contribution is -0.724. The molecular formula is C21H26N5O2+. The van der Waals surface area contributed by atoms with E-state index in [4.69, 9.17) is 0 Å². The molecule has 4 rings (SSSR count). The molecule has 1 fully saturated rings. The SMILES string of the molecule is CC(C)n1ncn(-c2cc[n+](C3CCN(c4ccc(O)cc4)CC3)cc2)c1=O. The lowest BCUT2D eigenvalue weighted by Crippen LogP contribution is -2.46. The highest BCUT2D eigenvalue weighted by molar-refractivity contribution is 5.49. The highest BCUT2D eigenvalue weighted by Crippen LogP contribution is 2.25. The number of hydrogen-bond donors (Lipinski definition) is 1. The van der Waals surface area contributed by atoms with Gasteiger partial charge in [-0.1, -0.05) is 0 Å². The van der Waals surface area contributed by atoms with Gasteiger partial charge in [0.25, 0.3) is 0 Å². The van der Waals surface area contributed by atoms with Crippen LogP contribution < -0.4 is 15.2 Å². The van der Waals surface area contributed by atoms with Gasteiger partial charge in [0, 0.05) is 43.8 Å². The molecule has 2 aromatic heterocycles. The van der Waals surface area contributed by atoms with Crippen molar-refractivity contribution in [1.29, 1.82) is 0 Å². The van der Waals surface area contributed by atoms with Crippen LogP contribution in [0.25, 0.3) is 5.69 Å². The Balaban J connectivity index is 1.44. The molecule has 3 heterocycles. The van der Waals surface area contributed by atoms with Crippen LogP contribution in [0, 0.1) is 0 Å². The van der Waals surface area contributed by atoms with E-state index in [0.29, 0.717) is 11.8 Å². The number of anilines is 1. The summed E-state index contributed by atoms with van der Waals surface area (Å²) in [4.78, 5) is 14.8. The maximum absolute atomic E-state index is 12.4. The summed E-state index contributed by atoms with van der Waals surface area (Å²) in [5.74, 6) is 0.298. The fourth-order valence-corrected chi connectivity index (χ4v) is 3.77. The Kier molecular flexibility index (Phi) is 4.90. The second-order valence-electron chi connectivity index (χ2n) is 7.56. The Bertz CT molecular complexity index is 981. The molecule has 0 radical (unpaired) electrons. The van der Waals surface area contributed by atoms with Crippen LogP contribution in [0.1, 0.15) is 38.8 Å². The minimum Gasteiger partial charge on any atom is -0.508 e. The highest BCUT2D eigenvalue weighted by atomic mass is 16.3. The predicted molar refractivity (Wildman–Crippen MR) is 107 cm³/mol. The number of hydrogen-bond acceptors (Lipinski definition) is 4. The van der Waals surface area contributed by atoms with Gasteiger partial charge in [0.1, 0.15) is 12.1 Å². The minimum absolute atomic E-state index is 0.0427. The number of phenolic OH excluding ortho intramolecular Hbond substituents is 1. The molecule has 0 spiro atoms. The second kappa shape index (κ2) is 7.50. The number of rotatable bonds is 4. The minimum atomic E-state index is -0.116. The monoisotopic (exact) mass is 380 g/mol. The van der Waals surface area contributed by atoms with Crippen LogP contribution in [0.5, 0.6) is 5.75 Å². The van der Waals surface area contributed by atoms with Crippen molar-refractivity contribution in [2.45, 2.75) is 38.8 Å². The zero-order chi connectivity index (χ0) is 19.7. The molecule has 1 aliphatic heterocycles. The Morgan fingerprint density at radius 2 is 1.68 bits per heavy atom. The molecule has 1 saturated heterocycles. The molecule has 1 aromatic carbocycles. The quantitative estimate of drug-likeness (QED) is 0.706. The summed E-state index contributed by atoms with van der Waals surface area (Å²) in [6, 6.07) is 11.8. The van der Waals surface area contributed by atoms with Gasteiger partial charge in [0.2, 0.25) is 0 Å². The summed E-state index contributed by atoms with van der Waals surface area (Å²) < 4.78 is 5.30. The summed E-state index contributed by atoms with van der Waals surface area (Å²) in [6.07, 6.45) is 7.79. The van der Waals surface area contributed by atoms with Crippen molar-refractivity contribution < 1.29 is 9.67 Å². The molecule has 7 nitrogen and oxygen atoms in total. The van der Waals surface area contributed by atoms with E-state index in [-0.39, 0.29) is 11.7 Å². The maximum Gasteiger partial charge on any atom is 0.350 e. The molecule has 0 aliphatic carbocycles. The third kappa shape index (κ3) is 3.52. The van der Waals surface area contributed by atoms with Gasteiger partial charge in [-0.15, -0.1) is 0 Å². The van der Waals surface area contributed by atoms with Gasteiger partial charge in [-0.05, 0) is 38.1 Å². The van der Waals surface area contributed by atoms with Gasteiger partial charge in [-0.3, -0.25) is 0 Å². The Morgan fingerprint density at radius 1 is 1.04 bits per heavy atom. The van der Waals surface area contributed by atoms with Gasteiger partial charge in [-0.2, -0.15) is 5.10 Å². The van der Waals surface area contributed by atoms with Crippen molar-refractivity contribution in [3.63, 3.8) is 0 Å². The molecule has 3 aromatic rings. The topological polar surface area (TPSA) is 67.2 Å². The zero-order valence-electron chi connectivity index (χ0n) is 16.3. The molecule has 1 N–H and O–H groups in total. The molecule has 0 bridgehead atoms. The van der Waals surface area contributed by atoms with E-state index in [1.54, 1.807) is 23.0 Å². The van der Waals surface area contributed by atoms with Crippen LogP contribution in [0.15, 0.2) is 59.9 Å². The zero-order valence-corrected chi connectivity index (χ0v) is 16.3. The van der Waals surface area contributed by atoms with E-state index in [9.17, 15) is 9.90 Å². The van der Waals surface area contributed by atoms with E-state index < -0.39 is 0 Å². The summed E-state index contributed by atoms with van der Waals surface area (Å²) in [5.41, 5.74) is 1.86. The Morgan fingerprint density at radius 3 is 2.25 bits per heavy atom. The van der Waals surface area contributed by atoms with Gasteiger partial charge >= 0.3 is 5.69 Å². The predicted octanol–water partition coefficient (Wildman–Crippen LogP) is 2.45. The molecule has 0 unspecified atom stereocenters. The third-order valence-corrected chi connectivity index (χ3v) is 5.40. The average molecular weight is 380 g/mol. The van der Waals surface area contributed by atoms with Crippen LogP contribution in [-0.2, 0) is 0 Å². The molecular weight excluding hydrogens is 354 g/mol. The van der Waals surface area contributed by atoms with Gasteiger partial charge < -0.3 is 10.0 Å². The number of aromatic nitrogens is 4. The van der Waals surface area contributed by atoms with Crippen molar-refractivity contribution in [1.82, 2.24) is 14.3 Å². The van der Waals surface area contributed by atoms with E-state index in [0.717, 1.165) is 37.3 Å². The van der Waals surface area contributed by atoms with Crippen molar-refractivity contribution >= 4 is 5.69 Å². The highest BCUT2D eigenvalue weighted by Gasteiger charge is 2.26. The standard InChI is InChI=1S/C21H25N5O2/c1-16(2)26-21(28)25(15-22-26)19-9-13-24(14-10-19)18-7-11-23(12-8-18)17-3-5-20(27)6-4-17/h3-6,9-10,13-16,18H,7-8,11-12H2,1-2H3/p+1. The smallest absolute Gasteiger partial charge is 0.350 e. The fraction of sp³-hybridized carbons (Fsp3) is 0.381. The van der Waals surface area contributed by atoms with Crippen LogP contribution >= 0.6 is 0 Å². The maximum atomic E-state index is 12.4. The number of phenols is 1. The number of aromatic hydroxyl groups is 1. The first-order valence-electron chi connectivity index (χ1n) is 9.74. The largest absolute Gasteiger partial charge is 0.508 e. The second-order valence-corrected chi connectivity index (χ2v) is 7.56. The van der Waals surface area contributed by atoms with E-state index in [1.165, 1.54) is 4.68 Å². The molecule has 0 amide bonds. The molecule has 7 heteroatoms. The van der Waals surface area contributed by atoms with Crippen LogP contribution in [-0.4, -0.2) is 32.5 Å². The molecule has 0 saturated carbocycles. The van der Waals surface area contributed by atoms with Crippen molar-refractivity contribution in [2.24, 2.45) is 0 Å². The normalized spacial score (nSPS) is 15.3. The number of benzene rings is 1. The molecule has 1 aliphatic rings. The van der Waals surface area contributed by atoms with Crippen LogP contribution in [0.3, 0.4) is 0 Å². The summed E-state index contributed by atoms with van der Waals surface area (Å²) in [6.45, 7) is 5.85. The first kappa shape index (κ1) is 18.3. The number of piperidine rings is 1. The van der Waals surface area contributed by atoms with Crippen molar-refractivity contribution in [3.05, 3.63) is 65.6 Å². The van der Waals surface area contributed by atoms with Gasteiger partial charge in [0.15, 0.2) is 18.4 Å². The lowest BCUT2D eigenvalue weighted by atomic mass is 10.0. The van der Waals surface area contributed by atoms with Gasteiger partial charge in [-0.25, -0.2) is 18.6 Å². The average Bonchev–Trinajstić information content (AvgIpc) is 3.10. The third-order valence-electron chi connectivity index (χ3n) is 5.40. The first-order chi connectivity index (χ1) is 13.5. The lowest BCUT2D eigenvalue weighted by Gasteiger charge is -2.31. The fourth-order valence-electron chi connectivity index (χ4n) is 3.77. The summed E-state index contributed by atoms with van der Waals surface area (Å²) in [7, 11) is 0. The van der Waals surface area contributed by atoms with Gasteiger partial charge in [0.05, 0.1) is 11.7 Å². The van der Waals surface area contributed by atoms with Crippen molar-refractivity contribution in [3.8, 4) is 11.4 Å². The summed E-state index contributed by atoms with van der Waals surface area (Å²) >= 11 is 0. The Labute approximate surface area is 164 Å². The van der Waals surface area contributed by atoms with E-state index in [1.807, 2.05) is 38.1 Å². The summed E-state index contributed by atoms with van der Waals surface area (Å²) in [5, 5.41) is 13.6. The number of pyridine rings is 1. The van der Waals surface area contributed by atoms with E-state index >= 15 is 0 Å². The van der Waals surface area contributed by atoms with Crippen LogP contribution in [0.4, 0.5) is 5.69 Å². The first-order valence-corrected chi connectivity index (χ1v) is 9.74. The van der Waals surface area contributed by atoms with Crippen molar-refractivity contribution in [2.75, 3.05) is 18.0 Å². The molecule has 146 valence electrons. The Hall–Kier alpha value is -3.09. The number of nitrogens with zero attached hydrogens (tertiary/aromatic N) is 5. The molecule has 28 heavy (non-hydrogen) atoms. The molecule has 0 atom stereocenters.